The molecular formula is C13H9N5O5. The number of non-ortho nitro benzene ring substituents is 2. The average Bonchev–Trinajstić information content (AvgIpc) is 2.97. The molecule has 0 aliphatic carbocycles. The number of hydrogen-bond donors (Lipinski definition) is 0. The fourth-order valence-electron chi connectivity index (χ4n) is 2.04. The van der Waals surface area contributed by atoms with E-state index in [2.05, 4.69) is 10.2 Å². The highest BCUT2D eigenvalue weighted by atomic mass is 16.6. The zero-order valence-corrected chi connectivity index (χ0v) is 11.7. The maximum absolute atomic E-state index is 10.9. The average molecular weight is 315 g/mol. The van der Waals surface area contributed by atoms with Crippen LogP contribution in [0.2, 0.25) is 0 Å². The molecular weight excluding hydrogens is 306 g/mol. The molecule has 0 unspecified atom stereocenters. The van der Waals surface area contributed by atoms with Gasteiger partial charge >= 0.3 is 0 Å². The predicted molar refractivity (Wildman–Crippen MR) is 78.7 cm³/mol. The number of nitrogens with zero attached hydrogens (tertiary/aromatic N) is 5. The summed E-state index contributed by atoms with van der Waals surface area (Å²) < 4.78 is 5.08. The van der Waals surface area contributed by atoms with Crippen LogP contribution in [0.25, 0.3) is 16.7 Å². The number of fused-ring (bicyclic) bond motifs is 1. The van der Waals surface area contributed by atoms with Crippen molar-refractivity contribution in [3.05, 3.63) is 56.6 Å². The van der Waals surface area contributed by atoms with Crippen molar-refractivity contribution < 1.29 is 14.6 Å². The summed E-state index contributed by atoms with van der Waals surface area (Å²) in [6.07, 6.45) is 0. The number of ether oxygens (including phenoxy) is 1. The van der Waals surface area contributed by atoms with Crippen molar-refractivity contribution in [1.29, 1.82) is 0 Å². The monoisotopic (exact) mass is 315 g/mol. The molecule has 0 fully saturated rings. The van der Waals surface area contributed by atoms with Gasteiger partial charge in [-0.2, -0.15) is 0 Å². The predicted octanol–water partition coefficient (Wildman–Crippen LogP) is 2.25. The third kappa shape index (κ3) is 2.64. The van der Waals surface area contributed by atoms with E-state index in [1.165, 1.54) is 19.2 Å². The minimum atomic E-state index is -0.706. The first-order valence-corrected chi connectivity index (χ1v) is 6.33. The lowest BCUT2D eigenvalue weighted by atomic mass is 10.2. The second-order valence-electron chi connectivity index (χ2n) is 4.57. The summed E-state index contributed by atoms with van der Waals surface area (Å²) in [6.45, 7) is 0. The Bertz CT molecular complexity index is 903. The van der Waals surface area contributed by atoms with Crippen molar-refractivity contribution in [1.82, 2.24) is 15.0 Å². The van der Waals surface area contributed by atoms with E-state index in [0.717, 1.165) is 10.9 Å². The molecule has 0 bridgehead atoms. The van der Waals surface area contributed by atoms with E-state index in [9.17, 15) is 20.2 Å². The highest BCUT2D eigenvalue weighted by Gasteiger charge is 2.18. The number of nitro benzene ring substituents is 2. The van der Waals surface area contributed by atoms with Gasteiger partial charge in [-0.25, -0.2) is 0 Å². The standard InChI is InChI=1S/C13H9N5O5/c1-23-11-2-3-12-13(7-11)15-16(14-12)8-4-9(17(19)20)6-10(5-8)18(21)22/h2-7H,1H3. The van der Waals surface area contributed by atoms with Crippen LogP contribution in [0.3, 0.4) is 0 Å². The third-order valence-electron chi connectivity index (χ3n) is 3.13. The molecule has 0 spiro atoms. The van der Waals surface area contributed by atoms with Gasteiger partial charge in [0, 0.05) is 18.2 Å². The van der Waals surface area contributed by atoms with Crippen LogP contribution in [-0.4, -0.2) is 32.0 Å². The summed E-state index contributed by atoms with van der Waals surface area (Å²) in [5.74, 6) is 0.578. The fraction of sp³-hybridized carbons (Fsp3) is 0.0769. The minimum Gasteiger partial charge on any atom is -0.497 e. The Morgan fingerprint density at radius 3 is 2.13 bits per heavy atom. The van der Waals surface area contributed by atoms with E-state index in [1.807, 2.05) is 0 Å². The van der Waals surface area contributed by atoms with Gasteiger partial charge in [-0.15, -0.1) is 15.0 Å². The van der Waals surface area contributed by atoms with Gasteiger partial charge in [-0.1, -0.05) is 0 Å². The Kier molecular flexibility index (Phi) is 3.33. The number of aromatic nitrogens is 3. The van der Waals surface area contributed by atoms with Crippen LogP contribution in [0.4, 0.5) is 11.4 Å². The van der Waals surface area contributed by atoms with E-state index >= 15 is 0 Å². The number of benzene rings is 2. The topological polar surface area (TPSA) is 126 Å². The normalized spacial score (nSPS) is 10.7. The third-order valence-corrected chi connectivity index (χ3v) is 3.13. The molecule has 23 heavy (non-hydrogen) atoms. The molecule has 0 aliphatic rings. The molecule has 0 N–H and O–H groups in total. The fourth-order valence-corrected chi connectivity index (χ4v) is 2.04. The number of rotatable bonds is 4. The smallest absolute Gasteiger partial charge is 0.278 e. The van der Waals surface area contributed by atoms with Gasteiger partial charge in [0.15, 0.2) is 0 Å². The Balaban J connectivity index is 2.17. The summed E-state index contributed by atoms with van der Waals surface area (Å²) in [5, 5.41) is 30.2. The van der Waals surface area contributed by atoms with Crippen LogP contribution in [0.5, 0.6) is 5.75 Å². The highest BCUT2D eigenvalue weighted by Crippen LogP contribution is 2.25. The lowest BCUT2D eigenvalue weighted by Crippen LogP contribution is -2.01. The van der Waals surface area contributed by atoms with Gasteiger partial charge in [0.1, 0.15) is 16.8 Å². The van der Waals surface area contributed by atoms with Crippen LogP contribution >= 0.6 is 0 Å². The first kappa shape index (κ1) is 14.4. The second-order valence-corrected chi connectivity index (χ2v) is 4.57. The molecule has 10 heteroatoms. The Morgan fingerprint density at radius 1 is 0.957 bits per heavy atom. The van der Waals surface area contributed by atoms with Crippen molar-refractivity contribution in [2.24, 2.45) is 0 Å². The van der Waals surface area contributed by atoms with E-state index < -0.39 is 21.2 Å². The van der Waals surface area contributed by atoms with Crippen LogP contribution in [0.1, 0.15) is 0 Å². The zero-order valence-electron chi connectivity index (χ0n) is 11.7. The minimum absolute atomic E-state index is 0.126. The molecule has 3 rings (SSSR count). The summed E-state index contributed by atoms with van der Waals surface area (Å²) in [6, 6.07) is 8.23. The van der Waals surface area contributed by atoms with Crippen molar-refractivity contribution in [2.75, 3.05) is 7.11 Å². The molecule has 0 aliphatic heterocycles. The molecule has 0 atom stereocenters. The molecule has 1 heterocycles. The van der Waals surface area contributed by atoms with Crippen molar-refractivity contribution in [3.8, 4) is 11.4 Å². The molecule has 2 aromatic carbocycles. The quantitative estimate of drug-likeness (QED) is 0.533. The summed E-state index contributed by atoms with van der Waals surface area (Å²) in [7, 11) is 1.51. The molecule has 0 saturated carbocycles. The van der Waals surface area contributed by atoms with Gasteiger partial charge in [0.2, 0.25) is 0 Å². The SMILES string of the molecule is COc1ccc2nn(-c3cc([N+](=O)[O-])cc([N+](=O)[O-])c3)nc2c1. The van der Waals surface area contributed by atoms with Crippen LogP contribution in [-0.2, 0) is 0 Å². The van der Waals surface area contributed by atoms with Gasteiger partial charge < -0.3 is 4.74 Å². The molecule has 10 nitrogen and oxygen atoms in total. The largest absolute Gasteiger partial charge is 0.497 e. The maximum Gasteiger partial charge on any atom is 0.278 e. The van der Waals surface area contributed by atoms with Gasteiger partial charge in [0.05, 0.1) is 28.7 Å². The van der Waals surface area contributed by atoms with Crippen molar-refractivity contribution in [3.63, 3.8) is 0 Å². The number of hydrogen-bond acceptors (Lipinski definition) is 7. The summed E-state index contributed by atoms with van der Waals surface area (Å²) in [4.78, 5) is 21.6. The van der Waals surface area contributed by atoms with Crippen LogP contribution in [0, 0.1) is 20.2 Å². The highest BCUT2D eigenvalue weighted by molar-refractivity contribution is 5.75. The van der Waals surface area contributed by atoms with Gasteiger partial charge in [0.25, 0.3) is 11.4 Å². The Hall–Kier alpha value is -3.56. The Labute approximate surface area is 128 Å². The van der Waals surface area contributed by atoms with E-state index in [0.29, 0.717) is 16.8 Å². The summed E-state index contributed by atoms with van der Waals surface area (Å²) in [5.41, 5.74) is 0.334. The van der Waals surface area contributed by atoms with E-state index in [4.69, 9.17) is 4.74 Å². The van der Waals surface area contributed by atoms with Crippen LogP contribution in [0.15, 0.2) is 36.4 Å². The van der Waals surface area contributed by atoms with Gasteiger partial charge in [-0.05, 0) is 12.1 Å². The first-order valence-electron chi connectivity index (χ1n) is 6.33. The lowest BCUT2D eigenvalue weighted by molar-refractivity contribution is -0.394. The molecule has 3 aromatic rings. The molecule has 116 valence electrons. The maximum atomic E-state index is 10.9. The van der Waals surface area contributed by atoms with Crippen molar-refractivity contribution in [2.45, 2.75) is 0 Å². The van der Waals surface area contributed by atoms with Crippen molar-refractivity contribution >= 4 is 22.4 Å². The Morgan fingerprint density at radius 2 is 1.57 bits per heavy atom. The second kappa shape index (κ2) is 5.33. The van der Waals surface area contributed by atoms with Crippen LogP contribution < -0.4 is 4.74 Å². The molecule has 0 amide bonds. The van der Waals surface area contributed by atoms with E-state index in [-0.39, 0.29) is 5.69 Å². The number of nitro groups is 2. The summed E-state index contributed by atoms with van der Waals surface area (Å²) >= 11 is 0. The lowest BCUT2D eigenvalue weighted by Gasteiger charge is -2.00. The molecule has 0 radical (unpaired) electrons. The molecule has 1 aromatic heterocycles. The zero-order chi connectivity index (χ0) is 16.6. The van der Waals surface area contributed by atoms with Gasteiger partial charge in [-0.3, -0.25) is 20.2 Å². The first-order chi connectivity index (χ1) is 11.0. The number of methoxy groups -OCH3 is 1. The molecule has 0 saturated heterocycles. The van der Waals surface area contributed by atoms with E-state index in [1.54, 1.807) is 18.2 Å².